The molecular formula is C18H23NO4. The van der Waals surface area contributed by atoms with E-state index in [4.69, 9.17) is 9.47 Å². The molecule has 5 nitrogen and oxygen atoms in total. The van der Waals surface area contributed by atoms with Crippen LogP contribution in [0.2, 0.25) is 0 Å². The summed E-state index contributed by atoms with van der Waals surface area (Å²) in [6, 6.07) is 4.68. The van der Waals surface area contributed by atoms with Gasteiger partial charge in [-0.2, -0.15) is 0 Å². The van der Waals surface area contributed by atoms with Crippen LogP contribution in [0.1, 0.15) is 49.4 Å². The number of ketones is 1. The Hall–Kier alpha value is -2.04. The molecule has 23 heavy (non-hydrogen) atoms. The van der Waals surface area contributed by atoms with Crippen molar-refractivity contribution in [3.05, 3.63) is 23.8 Å². The van der Waals surface area contributed by atoms with Gasteiger partial charge in [-0.1, -0.05) is 19.3 Å². The third-order valence-corrected chi connectivity index (χ3v) is 4.92. The Labute approximate surface area is 136 Å². The second-order valence-corrected chi connectivity index (χ2v) is 6.39. The normalized spacial score (nSPS) is 18.5. The van der Waals surface area contributed by atoms with E-state index in [0.717, 1.165) is 25.7 Å². The zero-order valence-corrected chi connectivity index (χ0v) is 13.7. The standard InChI is InChI=1S/C18H23NO4/c1-12(19(2)18(21)13-6-4-3-5-7-13)17(20)14-8-9-15-16(10-14)23-11-22-15/h8-10,12-13H,3-7,11H2,1-2H3/t12-/m1/s1. The first-order valence-electron chi connectivity index (χ1n) is 8.28. The number of ether oxygens (including phenoxy) is 2. The fraction of sp³-hybridized carbons (Fsp3) is 0.556. The maximum atomic E-state index is 12.7. The van der Waals surface area contributed by atoms with Gasteiger partial charge in [-0.15, -0.1) is 0 Å². The van der Waals surface area contributed by atoms with E-state index in [1.54, 1.807) is 37.1 Å². The highest BCUT2D eigenvalue weighted by Crippen LogP contribution is 2.33. The van der Waals surface area contributed by atoms with Crippen molar-refractivity contribution in [1.29, 1.82) is 0 Å². The quantitative estimate of drug-likeness (QED) is 0.801. The zero-order chi connectivity index (χ0) is 16.4. The molecule has 1 atom stereocenters. The van der Waals surface area contributed by atoms with Crippen molar-refractivity contribution < 1.29 is 19.1 Å². The fourth-order valence-corrected chi connectivity index (χ4v) is 3.30. The molecule has 0 aromatic heterocycles. The topological polar surface area (TPSA) is 55.8 Å². The number of carbonyl (C=O) groups is 2. The average molecular weight is 317 g/mol. The number of likely N-dealkylation sites (N-methyl/N-ethyl adjacent to an activating group) is 1. The van der Waals surface area contributed by atoms with Crippen molar-refractivity contribution in [2.24, 2.45) is 5.92 Å². The van der Waals surface area contributed by atoms with E-state index < -0.39 is 6.04 Å². The Kier molecular flexibility index (Phi) is 4.55. The van der Waals surface area contributed by atoms with Gasteiger partial charge in [0.1, 0.15) is 0 Å². The highest BCUT2D eigenvalue weighted by atomic mass is 16.7. The summed E-state index contributed by atoms with van der Waals surface area (Å²) in [7, 11) is 1.73. The second kappa shape index (κ2) is 6.60. The molecule has 1 aromatic rings. The van der Waals surface area contributed by atoms with Crippen LogP contribution in [0.25, 0.3) is 0 Å². The monoisotopic (exact) mass is 317 g/mol. The lowest BCUT2D eigenvalue weighted by Gasteiger charge is -2.30. The molecule has 0 bridgehead atoms. The number of hydrogen-bond acceptors (Lipinski definition) is 4. The fourth-order valence-electron chi connectivity index (χ4n) is 3.30. The summed E-state index contributed by atoms with van der Waals surface area (Å²) in [4.78, 5) is 26.9. The lowest BCUT2D eigenvalue weighted by atomic mass is 9.88. The average Bonchev–Trinajstić information content (AvgIpc) is 3.07. The SMILES string of the molecule is C[C@H](C(=O)c1ccc2c(c1)OCO2)N(C)C(=O)C1CCCCC1. The van der Waals surface area contributed by atoms with E-state index in [-0.39, 0.29) is 24.4 Å². The summed E-state index contributed by atoms with van der Waals surface area (Å²) >= 11 is 0. The van der Waals surface area contributed by atoms with Gasteiger partial charge < -0.3 is 14.4 Å². The number of Topliss-reactive ketones (excluding diaryl/α,β-unsaturated/α-hetero) is 1. The van der Waals surface area contributed by atoms with Crippen LogP contribution in [0.15, 0.2) is 18.2 Å². The van der Waals surface area contributed by atoms with Crippen molar-refractivity contribution in [2.45, 2.75) is 45.1 Å². The largest absolute Gasteiger partial charge is 0.454 e. The van der Waals surface area contributed by atoms with Crippen LogP contribution in [0.5, 0.6) is 11.5 Å². The minimum atomic E-state index is -0.482. The molecule has 1 aliphatic heterocycles. The van der Waals surface area contributed by atoms with Crippen LogP contribution in [0, 0.1) is 5.92 Å². The molecule has 3 rings (SSSR count). The van der Waals surface area contributed by atoms with Gasteiger partial charge >= 0.3 is 0 Å². The number of nitrogens with zero attached hydrogens (tertiary/aromatic N) is 1. The predicted octanol–water partition coefficient (Wildman–Crippen LogP) is 3.03. The van der Waals surface area contributed by atoms with E-state index in [2.05, 4.69) is 0 Å². The van der Waals surface area contributed by atoms with E-state index >= 15 is 0 Å². The van der Waals surface area contributed by atoms with E-state index in [9.17, 15) is 9.59 Å². The van der Waals surface area contributed by atoms with Gasteiger partial charge in [-0.25, -0.2) is 0 Å². The highest BCUT2D eigenvalue weighted by Gasteiger charge is 2.30. The van der Waals surface area contributed by atoms with Crippen LogP contribution < -0.4 is 9.47 Å². The maximum Gasteiger partial charge on any atom is 0.231 e. The summed E-state index contributed by atoms with van der Waals surface area (Å²) in [6.07, 6.45) is 5.30. The van der Waals surface area contributed by atoms with E-state index in [1.165, 1.54) is 6.42 Å². The molecular weight excluding hydrogens is 294 g/mol. The molecule has 2 aliphatic rings. The first kappa shape index (κ1) is 15.8. The Morgan fingerprint density at radius 3 is 2.57 bits per heavy atom. The van der Waals surface area contributed by atoms with Gasteiger partial charge in [0, 0.05) is 18.5 Å². The molecule has 1 aromatic carbocycles. The molecule has 1 heterocycles. The number of benzene rings is 1. The van der Waals surface area contributed by atoms with E-state index in [1.807, 2.05) is 0 Å². The van der Waals surface area contributed by atoms with Crippen LogP contribution >= 0.6 is 0 Å². The molecule has 1 saturated carbocycles. The van der Waals surface area contributed by atoms with Gasteiger partial charge in [0.15, 0.2) is 17.3 Å². The Morgan fingerprint density at radius 1 is 1.13 bits per heavy atom. The van der Waals surface area contributed by atoms with Gasteiger partial charge in [0.2, 0.25) is 12.7 Å². The number of rotatable bonds is 4. The summed E-state index contributed by atoms with van der Waals surface area (Å²) < 4.78 is 10.6. The minimum absolute atomic E-state index is 0.0701. The van der Waals surface area contributed by atoms with Gasteiger partial charge in [0.05, 0.1) is 6.04 Å². The first-order valence-corrected chi connectivity index (χ1v) is 8.28. The van der Waals surface area contributed by atoms with Crippen LogP contribution in [-0.2, 0) is 4.79 Å². The van der Waals surface area contributed by atoms with Gasteiger partial charge in [0.25, 0.3) is 0 Å². The minimum Gasteiger partial charge on any atom is -0.454 e. The molecule has 5 heteroatoms. The summed E-state index contributed by atoms with van der Waals surface area (Å²) in [6.45, 7) is 1.97. The number of fused-ring (bicyclic) bond motifs is 1. The Balaban J connectivity index is 1.69. The third-order valence-electron chi connectivity index (χ3n) is 4.92. The molecule has 1 aliphatic carbocycles. The Bertz CT molecular complexity index is 607. The van der Waals surface area contributed by atoms with Gasteiger partial charge in [-0.3, -0.25) is 9.59 Å². The van der Waals surface area contributed by atoms with Gasteiger partial charge in [-0.05, 0) is 38.0 Å². The van der Waals surface area contributed by atoms with Crippen LogP contribution in [0.3, 0.4) is 0 Å². The molecule has 0 N–H and O–H groups in total. The Morgan fingerprint density at radius 2 is 1.83 bits per heavy atom. The predicted molar refractivity (Wildman–Crippen MR) is 85.7 cm³/mol. The lowest BCUT2D eigenvalue weighted by molar-refractivity contribution is -0.136. The summed E-state index contributed by atoms with van der Waals surface area (Å²) in [5, 5.41) is 0. The second-order valence-electron chi connectivity index (χ2n) is 6.39. The maximum absolute atomic E-state index is 12.7. The van der Waals surface area contributed by atoms with Crippen LogP contribution in [-0.4, -0.2) is 36.5 Å². The van der Waals surface area contributed by atoms with Crippen LogP contribution in [0.4, 0.5) is 0 Å². The van der Waals surface area contributed by atoms with Crippen molar-refractivity contribution in [3.8, 4) is 11.5 Å². The van der Waals surface area contributed by atoms with Crippen molar-refractivity contribution in [1.82, 2.24) is 4.90 Å². The highest BCUT2D eigenvalue weighted by molar-refractivity contribution is 6.02. The number of amides is 1. The van der Waals surface area contributed by atoms with Crippen molar-refractivity contribution >= 4 is 11.7 Å². The molecule has 0 saturated heterocycles. The molecule has 0 radical (unpaired) electrons. The van der Waals surface area contributed by atoms with Crippen molar-refractivity contribution in [3.63, 3.8) is 0 Å². The zero-order valence-electron chi connectivity index (χ0n) is 13.7. The lowest BCUT2D eigenvalue weighted by Crippen LogP contribution is -2.43. The number of carbonyl (C=O) groups excluding carboxylic acids is 2. The molecule has 0 spiro atoms. The summed E-state index contributed by atoms with van der Waals surface area (Å²) in [5.74, 6) is 1.33. The molecule has 1 fully saturated rings. The molecule has 124 valence electrons. The third kappa shape index (κ3) is 3.19. The smallest absolute Gasteiger partial charge is 0.231 e. The number of hydrogen-bond donors (Lipinski definition) is 0. The van der Waals surface area contributed by atoms with Crippen molar-refractivity contribution in [2.75, 3.05) is 13.8 Å². The summed E-state index contributed by atoms with van der Waals surface area (Å²) in [5.41, 5.74) is 0.546. The molecule has 1 amide bonds. The first-order chi connectivity index (χ1) is 11.1. The van der Waals surface area contributed by atoms with E-state index in [0.29, 0.717) is 17.1 Å². The molecule has 0 unspecified atom stereocenters.